The summed E-state index contributed by atoms with van der Waals surface area (Å²) >= 11 is 2.09. The fourth-order valence-electron chi connectivity index (χ4n) is 1.62. The van der Waals surface area contributed by atoms with Crippen LogP contribution in [-0.4, -0.2) is 37.9 Å². The van der Waals surface area contributed by atoms with E-state index in [-0.39, 0.29) is 0 Å². The van der Waals surface area contributed by atoms with Crippen molar-refractivity contribution in [3.8, 4) is 0 Å². The molecule has 1 heterocycles. The van der Waals surface area contributed by atoms with Crippen molar-refractivity contribution >= 4 is 11.8 Å². The van der Waals surface area contributed by atoms with Crippen LogP contribution in [0.15, 0.2) is 0 Å². The zero-order chi connectivity index (χ0) is 10.1. The van der Waals surface area contributed by atoms with Crippen LogP contribution in [0.25, 0.3) is 0 Å². The van der Waals surface area contributed by atoms with Crippen LogP contribution in [0.3, 0.4) is 0 Å². The zero-order valence-electron chi connectivity index (χ0n) is 9.17. The quantitative estimate of drug-likeness (QED) is 0.612. The van der Waals surface area contributed by atoms with Crippen molar-refractivity contribution in [2.45, 2.75) is 37.4 Å². The molecule has 0 aromatic rings. The first-order valence-corrected chi connectivity index (χ1v) is 6.66. The molecule has 0 amide bonds. The van der Waals surface area contributed by atoms with E-state index in [4.69, 9.17) is 9.47 Å². The molecule has 0 N–H and O–H groups in total. The van der Waals surface area contributed by atoms with Crippen LogP contribution in [0, 0.1) is 0 Å². The number of thioether (sulfide) groups is 1. The lowest BCUT2D eigenvalue weighted by molar-refractivity contribution is 0.101. The van der Waals surface area contributed by atoms with E-state index in [9.17, 15) is 0 Å². The Morgan fingerprint density at radius 1 is 1.36 bits per heavy atom. The monoisotopic (exact) mass is 218 g/mol. The number of hydrogen-bond donors (Lipinski definition) is 0. The first-order chi connectivity index (χ1) is 6.93. The van der Waals surface area contributed by atoms with Gasteiger partial charge in [-0.15, -0.1) is 0 Å². The molecule has 0 saturated carbocycles. The standard InChI is InChI=1S/C11H22O2S/c1-12-7-3-2-4-9-14-11-6-5-8-13-10-11/h11H,2-10H2,1H3. The molecule has 0 spiro atoms. The number of unbranched alkanes of at least 4 members (excludes halogenated alkanes) is 2. The van der Waals surface area contributed by atoms with Gasteiger partial charge in [-0.05, 0) is 31.4 Å². The molecule has 1 saturated heterocycles. The van der Waals surface area contributed by atoms with Gasteiger partial charge in [-0.3, -0.25) is 0 Å². The van der Waals surface area contributed by atoms with Gasteiger partial charge in [0.2, 0.25) is 0 Å². The SMILES string of the molecule is COCCCCCSC1CCCOC1. The Hall–Kier alpha value is 0.270. The molecule has 1 rings (SSSR count). The Morgan fingerprint density at radius 2 is 2.29 bits per heavy atom. The molecule has 0 aromatic heterocycles. The van der Waals surface area contributed by atoms with Gasteiger partial charge < -0.3 is 9.47 Å². The molecule has 0 bridgehead atoms. The van der Waals surface area contributed by atoms with Gasteiger partial charge in [-0.2, -0.15) is 11.8 Å². The van der Waals surface area contributed by atoms with Crippen molar-refractivity contribution in [2.24, 2.45) is 0 Å². The van der Waals surface area contributed by atoms with E-state index in [1.165, 1.54) is 37.9 Å². The summed E-state index contributed by atoms with van der Waals surface area (Å²) in [4.78, 5) is 0. The summed E-state index contributed by atoms with van der Waals surface area (Å²) in [7, 11) is 1.77. The molecule has 14 heavy (non-hydrogen) atoms. The minimum absolute atomic E-state index is 0.770. The van der Waals surface area contributed by atoms with Crippen molar-refractivity contribution in [1.29, 1.82) is 0 Å². The lowest BCUT2D eigenvalue weighted by Crippen LogP contribution is -2.19. The van der Waals surface area contributed by atoms with Crippen LogP contribution in [-0.2, 0) is 9.47 Å². The zero-order valence-corrected chi connectivity index (χ0v) is 9.98. The molecule has 3 heteroatoms. The maximum atomic E-state index is 5.44. The van der Waals surface area contributed by atoms with Crippen LogP contribution in [0.4, 0.5) is 0 Å². The highest BCUT2D eigenvalue weighted by molar-refractivity contribution is 7.99. The Morgan fingerprint density at radius 3 is 3.00 bits per heavy atom. The maximum absolute atomic E-state index is 5.44. The summed E-state index contributed by atoms with van der Waals surface area (Å²) in [5.41, 5.74) is 0. The molecule has 1 aliphatic heterocycles. The van der Waals surface area contributed by atoms with Gasteiger partial charge in [0, 0.05) is 25.6 Å². The van der Waals surface area contributed by atoms with Crippen molar-refractivity contribution in [1.82, 2.24) is 0 Å². The van der Waals surface area contributed by atoms with Gasteiger partial charge in [0.1, 0.15) is 0 Å². The fraction of sp³-hybridized carbons (Fsp3) is 1.00. The lowest BCUT2D eigenvalue weighted by Gasteiger charge is -2.21. The van der Waals surface area contributed by atoms with Crippen LogP contribution >= 0.6 is 11.8 Å². The minimum Gasteiger partial charge on any atom is -0.385 e. The van der Waals surface area contributed by atoms with E-state index >= 15 is 0 Å². The molecule has 1 aliphatic rings. The molecular formula is C11H22O2S. The first kappa shape index (κ1) is 12.3. The molecule has 0 radical (unpaired) electrons. The van der Waals surface area contributed by atoms with E-state index in [0.29, 0.717) is 0 Å². The summed E-state index contributed by atoms with van der Waals surface area (Å²) in [6.45, 7) is 2.87. The smallest absolute Gasteiger partial charge is 0.0585 e. The summed E-state index contributed by atoms with van der Waals surface area (Å²) in [5, 5.41) is 0.770. The van der Waals surface area contributed by atoms with Crippen molar-refractivity contribution in [3.05, 3.63) is 0 Å². The third-order valence-corrected chi connectivity index (χ3v) is 3.83. The maximum Gasteiger partial charge on any atom is 0.0585 e. The third-order valence-electron chi connectivity index (χ3n) is 2.46. The third kappa shape index (κ3) is 5.89. The van der Waals surface area contributed by atoms with Gasteiger partial charge in [-0.25, -0.2) is 0 Å². The van der Waals surface area contributed by atoms with Crippen LogP contribution < -0.4 is 0 Å². The van der Waals surface area contributed by atoms with Gasteiger partial charge in [0.05, 0.1) is 6.61 Å². The first-order valence-electron chi connectivity index (χ1n) is 5.62. The van der Waals surface area contributed by atoms with Crippen LogP contribution in [0.2, 0.25) is 0 Å². The van der Waals surface area contributed by atoms with Crippen molar-refractivity contribution < 1.29 is 9.47 Å². The lowest BCUT2D eigenvalue weighted by atomic mass is 10.2. The second-order valence-electron chi connectivity index (χ2n) is 3.76. The molecule has 1 atom stereocenters. The molecular weight excluding hydrogens is 196 g/mol. The van der Waals surface area contributed by atoms with Gasteiger partial charge in [-0.1, -0.05) is 6.42 Å². The molecule has 1 unspecified atom stereocenters. The Labute approximate surface area is 91.7 Å². The number of ether oxygens (including phenoxy) is 2. The predicted octanol–water partition coefficient (Wildman–Crippen LogP) is 2.72. The highest BCUT2D eigenvalue weighted by Gasteiger charge is 2.13. The minimum atomic E-state index is 0.770. The molecule has 2 nitrogen and oxygen atoms in total. The van der Waals surface area contributed by atoms with Crippen molar-refractivity contribution in [2.75, 3.05) is 32.7 Å². The van der Waals surface area contributed by atoms with E-state index in [0.717, 1.165) is 25.1 Å². The second kappa shape index (κ2) is 8.57. The molecule has 0 aromatic carbocycles. The summed E-state index contributed by atoms with van der Waals surface area (Å²) in [6.07, 6.45) is 6.43. The average Bonchev–Trinajstić information content (AvgIpc) is 2.25. The van der Waals surface area contributed by atoms with Crippen LogP contribution in [0.5, 0.6) is 0 Å². The van der Waals surface area contributed by atoms with E-state index < -0.39 is 0 Å². The molecule has 1 fully saturated rings. The largest absolute Gasteiger partial charge is 0.385 e. The Balaban J connectivity index is 1.82. The van der Waals surface area contributed by atoms with E-state index in [1.807, 2.05) is 0 Å². The van der Waals surface area contributed by atoms with Crippen molar-refractivity contribution in [3.63, 3.8) is 0 Å². The Kier molecular flexibility index (Phi) is 7.55. The topological polar surface area (TPSA) is 18.5 Å². The fourth-order valence-corrected chi connectivity index (χ4v) is 2.85. The van der Waals surface area contributed by atoms with Gasteiger partial charge in [0.25, 0.3) is 0 Å². The van der Waals surface area contributed by atoms with Gasteiger partial charge >= 0.3 is 0 Å². The van der Waals surface area contributed by atoms with Gasteiger partial charge in [0.15, 0.2) is 0 Å². The summed E-state index contributed by atoms with van der Waals surface area (Å²) in [5.74, 6) is 1.29. The van der Waals surface area contributed by atoms with E-state index in [2.05, 4.69) is 11.8 Å². The Bertz CT molecular complexity index is 124. The number of methoxy groups -OCH3 is 1. The van der Waals surface area contributed by atoms with Crippen LogP contribution in [0.1, 0.15) is 32.1 Å². The average molecular weight is 218 g/mol. The molecule has 84 valence electrons. The molecule has 0 aliphatic carbocycles. The number of hydrogen-bond acceptors (Lipinski definition) is 3. The second-order valence-corrected chi connectivity index (χ2v) is 5.17. The summed E-state index contributed by atoms with van der Waals surface area (Å²) in [6, 6.07) is 0. The summed E-state index contributed by atoms with van der Waals surface area (Å²) < 4.78 is 10.4. The highest BCUT2D eigenvalue weighted by Crippen LogP contribution is 2.21. The highest BCUT2D eigenvalue weighted by atomic mass is 32.2. The normalized spacial score (nSPS) is 22.5. The van der Waals surface area contributed by atoms with E-state index in [1.54, 1.807) is 7.11 Å². The number of rotatable bonds is 7. The predicted molar refractivity (Wildman–Crippen MR) is 62.0 cm³/mol.